The van der Waals surface area contributed by atoms with Crippen molar-refractivity contribution in [3.8, 4) is 0 Å². The van der Waals surface area contributed by atoms with Gasteiger partial charge in [0.05, 0.1) is 0 Å². The van der Waals surface area contributed by atoms with Crippen molar-refractivity contribution in [2.75, 3.05) is 6.54 Å². The minimum Gasteiger partial charge on any atom is -0.297 e. The van der Waals surface area contributed by atoms with E-state index >= 15 is 0 Å². The second-order valence-corrected chi connectivity index (χ2v) is 5.52. The molecule has 0 amide bonds. The number of nitrogens with one attached hydrogen (secondary N) is 1. The third-order valence-corrected chi connectivity index (χ3v) is 3.55. The van der Waals surface area contributed by atoms with E-state index in [1.54, 1.807) is 0 Å². The normalized spacial score (nSPS) is 16.0. The van der Waals surface area contributed by atoms with E-state index in [1.165, 1.54) is 0 Å². The van der Waals surface area contributed by atoms with Crippen molar-refractivity contribution in [2.24, 2.45) is 0 Å². The Morgan fingerprint density at radius 1 is 1.25 bits per heavy atom. The minimum atomic E-state index is -4.35. The molecule has 98 valence electrons. The second-order valence-electron chi connectivity index (χ2n) is 3.98. The molecule has 2 atom stereocenters. The number of unbranched alkanes of at least 4 members (excludes halogenated alkanes) is 4. The van der Waals surface area contributed by atoms with Crippen molar-refractivity contribution >= 4 is 10.1 Å². The fraction of sp³-hybridized carbons (Fsp3) is 1.00. The molecule has 0 radical (unpaired) electrons. The van der Waals surface area contributed by atoms with E-state index in [0.717, 1.165) is 39.0 Å². The Balaban J connectivity index is 3.79. The molecule has 0 rings (SSSR count). The fourth-order valence-corrected chi connectivity index (χ4v) is 2.28. The zero-order valence-electron chi connectivity index (χ0n) is 9.95. The van der Waals surface area contributed by atoms with E-state index < -0.39 is 21.7 Å². The van der Waals surface area contributed by atoms with Gasteiger partial charge in [0.1, 0.15) is 6.17 Å². The maximum absolute atomic E-state index is 12.9. The molecular formula is C10H22FNO3S. The van der Waals surface area contributed by atoms with Crippen LogP contribution in [0.5, 0.6) is 0 Å². The standard InChI is InChI=1S/C10H22FNO3S/c1-3-4-5-6-7-8-12-10(9(2)11)16(13,14)15/h9-10,12H,3-8H2,1-2H3,(H,13,14,15). The summed E-state index contributed by atoms with van der Waals surface area (Å²) in [6, 6.07) is 0. The molecule has 0 aromatic carbocycles. The number of alkyl halides is 1. The highest BCUT2D eigenvalue weighted by Crippen LogP contribution is 2.06. The van der Waals surface area contributed by atoms with Crippen LogP contribution in [0, 0.1) is 0 Å². The maximum atomic E-state index is 12.9. The van der Waals surface area contributed by atoms with E-state index in [4.69, 9.17) is 4.55 Å². The predicted octanol–water partition coefficient (Wildman–Crippen LogP) is 2.12. The molecule has 0 saturated heterocycles. The number of hydrogen-bond donors (Lipinski definition) is 2. The summed E-state index contributed by atoms with van der Waals surface area (Å²) in [5.41, 5.74) is 0. The van der Waals surface area contributed by atoms with E-state index in [-0.39, 0.29) is 0 Å². The zero-order chi connectivity index (χ0) is 12.6. The molecule has 0 bridgehead atoms. The summed E-state index contributed by atoms with van der Waals surface area (Å²) in [6.45, 7) is 3.63. The van der Waals surface area contributed by atoms with Gasteiger partial charge in [-0.3, -0.25) is 9.87 Å². The molecule has 0 heterocycles. The van der Waals surface area contributed by atoms with Crippen LogP contribution in [0.2, 0.25) is 0 Å². The van der Waals surface area contributed by atoms with E-state index in [1.807, 2.05) is 0 Å². The lowest BCUT2D eigenvalue weighted by Crippen LogP contribution is -2.43. The molecule has 0 saturated carbocycles. The Morgan fingerprint density at radius 2 is 1.81 bits per heavy atom. The Bertz CT molecular complexity index is 267. The number of hydrogen-bond acceptors (Lipinski definition) is 3. The third kappa shape index (κ3) is 7.14. The summed E-state index contributed by atoms with van der Waals surface area (Å²) in [5, 5.41) is 1.02. The van der Waals surface area contributed by atoms with Crippen LogP contribution in [0.25, 0.3) is 0 Å². The van der Waals surface area contributed by atoms with Gasteiger partial charge in [-0.1, -0.05) is 32.6 Å². The van der Waals surface area contributed by atoms with Crippen LogP contribution in [0.4, 0.5) is 4.39 Å². The molecule has 4 nitrogen and oxygen atoms in total. The third-order valence-electron chi connectivity index (χ3n) is 2.36. The van der Waals surface area contributed by atoms with Crippen LogP contribution in [-0.2, 0) is 10.1 Å². The summed E-state index contributed by atoms with van der Waals surface area (Å²) < 4.78 is 43.2. The first-order valence-corrected chi connectivity index (χ1v) is 7.23. The van der Waals surface area contributed by atoms with E-state index in [9.17, 15) is 12.8 Å². The van der Waals surface area contributed by atoms with Crippen molar-refractivity contribution in [1.29, 1.82) is 0 Å². The summed E-state index contributed by atoms with van der Waals surface area (Å²) in [7, 11) is -4.35. The van der Waals surface area contributed by atoms with Crippen LogP contribution in [0.3, 0.4) is 0 Å². The average molecular weight is 255 g/mol. The molecule has 6 heteroatoms. The van der Waals surface area contributed by atoms with Crippen molar-refractivity contribution < 1.29 is 17.4 Å². The first kappa shape index (κ1) is 15.8. The molecular weight excluding hydrogens is 233 g/mol. The van der Waals surface area contributed by atoms with E-state index in [2.05, 4.69) is 12.2 Å². The molecule has 0 aromatic heterocycles. The molecule has 2 unspecified atom stereocenters. The Hall–Kier alpha value is -0.200. The lowest BCUT2D eigenvalue weighted by Gasteiger charge is -2.16. The van der Waals surface area contributed by atoms with Gasteiger partial charge in [-0.2, -0.15) is 8.42 Å². The highest BCUT2D eigenvalue weighted by atomic mass is 32.2. The fourth-order valence-electron chi connectivity index (χ4n) is 1.48. The van der Waals surface area contributed by atoms with Gasteiger partial charge >= 0.3 is 0 Å². The molecule has 0 aliphatic rings. The summed E-state index contributed by atoms with van der Waals surface area (Å²) in [6.07, 6.45) is 3.55. The van der Waals surface area contributed by atoms with Crippen molar-refractivity contribution in [2.45, 2.75) is 57.5 Å². The largest absolute Gasteiger partial charge is 0.297 e. The van der Waals surface area contributed by atoms with Gasteiger partial charge < -0.3 is 0 Å². The predicted molar refractivity (Wildman–Crippen MR) is 62.7 cm³/mol. The summed E-state index contributed by atoms with van der Waals surface area (Å²) in [5.74, 6) is 0. The van der Waals surface area contributed by atoms with Crippen LogP contribution in [0.1, 0.15) is 46.0 Å². The number of rotatable bonds is 9. The molecule has 0 fully saturated rings. The van der Waals surface area contributed by atoms with Gasteiger partial charge in [-0.05, 0) is 19.9 Å². The smallest absolute Gasteiger partial charge is 0.284 e. The SMILES string of the molecule is CCCCCCCNC(C(C)F)S(=O)(=O)O. The van der Waals surface area contributed by atoms with Crippen LogP contribution in [-0.4, -0.2) is 31.1 Å². The lowest BCUT2D eigenvalue weighted by atomic mass is 10.1. The highest BCUT2D eigenvalue weighted by molar-refractivity contribution is 7.86. The zero-order valence-corrected chi connectivity index (χ0v) is 10.8. The monoisotopic (exact) mass is 255 g/mol. The first-order valence-electron chi connectivity index (χ1n) is 5.73. The van der Waals surface area contributed by atoms with Crippen LogP contribution >= 0.6 is 0 Å². The maximum Gasteiger partial charge on any atom is 0.284 e. The van der Waals surface area contributed by atoms with Crippen molar-refractivity contribution in [1.82, 2.24) is 5.32 Å². The van der Waals surface area contributed by atoms with Gasteiger partial charge in [0.2, 0.25) is 0 Å². The van der Waals surface area contributed by atoms with E-state index in [0.29, 0.717) is 6.54 Å². The topological polar surface area (TPSA) is 66.4 Å². The first-order chi connectivity index (χ1) is 7.39. The average Bonchev–Trinajstić information content (AvgIpc) is 2.13. The van der Waals surface area contributed by atoms with Gasteiger partial charge in [-0.25, -0.2) is 4.39 Å². The molecule has 16 heavy (non-hydrogen) atoms. The minimum absolute atomic E-state index is 0.405. The Kier molecular flexibility index (Phi) is 7.87. The van der Waals surface area contributed by atoms with Crippen LogP contribution < -0.4 is 5.32 Å². The molecule has 0 spiro atoms. The second kappa shape index (κ2) is 7.97. The quantitative estimate of drug-likeness (QED) is 0.489. The molecule has 0 aliphatic heterocycles. The van der Waals surface area contributed by atoms with Crippen molar-refractivity contribution in [3.63, 3.8) is 0 Å². The van der Waals surface area contributed by atoms with Crippen molar-refractivity contribution in [3.05, 3.63) is 0 Å². The van der Waals surface area contributed by atoms with Gasteiger partial charge in [0.25, 0.3) is 10.1 Å². The summed E-state index contributed by atoms with van der Waals surface area (Å²) >= 11 is 0. The Labute approximate surface area is 97.4 Å². The molecule has 2 N–H and O–H groups in total. The van der Waals surface area contributed by atoms with Crippen LogP contribution in [0.15, 0.2) is 0 Å². The molecule has 0 aromatic rings. The van der Waals surface area contributed by atoms with Gasteiger partial charge in [-0.15, -0.1) is 0 Å². The Morgan fingerprint density at radius 3 is 2.25 bits per heavy atom. The number of halogens is 1. The lowest BCUT2D eigenvalue weighted by molar-refractivity contribution is 0.301. The van der Waals surface area contributed by atoms with Gasteiger partial charge in [0.15, 0.2) is 5.37 Å². The summed E-state index contributed by atoms with van der Waals surface area (Å²) in [4.78, 5) is 0. The van der Waals surface area contributed by atoms with Gasteiger partial charge in [0, 0.05) is 0 Å². The molecule has 0 aliphatic carbocycles. The highest BCUT2D eigenvalue weighted by Gasteiger charge is 2.28.